The number of ether oxygens (including phenoxy) is 1. The fraction of sp³-hybridized carbons (Fsp3) is 0.543. The second kappa shape index (κ2) is 14.7. The molecule has 1 atom stereocenters. The van der Waals surface area contributed by atoms with Crippen molar-refractivity contribution in [3.8, 4) is 5.75 Å². The first-order valence-corrected chi connectivity index (χ1v) is 18.9. The second-order valence-corrected chi connectivity index (χ2v) is 17.2. The van der Waals surface area contributed by atoms with Crippen LogP contribution in [0, 0.1) is 13.8 Å². The number of likely N-dealkylation sites (N-methyl/N-ethyl adjacent to an activating group) is 1. The lowest BCUT2D eigenvalue weighted by Gasteiger charge is -2.37. The lowest BCUT2D eigenvalue weighted by molar-refractivity contribution is 0.0571. The van der Waals surface area contributed by atoms with Crippen LogP contribution in [0.4, 0.5) is 17.6 Å². The van der Waals surface area contributed by atoms with Crippen LogP contribution in [0.3, 0.4) is 0 Å². The van der Waals surface area contributed by atoms with Crippen molar-refractivity contribution in [2.45, 2.75) is 63.6 Å². The van der Waals surface area contributed by atoms with Gasteiger partial charge in [-0.2, -0.15) is 5.10 Å². The SMILES string of the molecule is Cc1[nH]nc(Nc2ncnc3cc(OCCCN4CCN(c5ncc(C(=O)N6CCN(C)[C@H](C)C6)cn5)CC4)c(S(=O)(=O)C(C)(C)C)cc23)c1C. The zero-order chi connectivity index (χ0) is 36.5. The lowest BCUT2D eigenvalue weighted by Crippen LogP contribution is -2.52. The Balaban J connectivity index is 1.06. The average molecular weight is 720 g/mol. The molecule has 0 unspecified atom stereocenters. The second-order valence-electron chi connectivity index (χ2n) is 14.5. The average Bonchev–Trinajstić information content (AvgIpc) is 3.42. The van der Waals surface area contributed by atoms with Crippen molar-refractivity contribution in [1.29, 1.82) is 0 Å². The summed E-state index contributed by atoms with van der Waals surface area (Å²) in [7, 11) is -1.70. The number of nitrogens with one attached hydrogen (secondary N) is 2. The number of benzene rings is 1. The highest BCUT2D eigenvalue weighted by molar-refractivity contribution is 7.92. The number of piperazine rings is 2. The van der Waals surface area contributed by atoms with Crippen molar-refractivity contribution in [3.05, 3.63) is 47.7 Å². The maximum atomic E-state index is 13.8. The number of aryl methyl sites for hydroxylation is 1. The molecule has 16 heteroatoms. The first kappa shape index (κ1) is 36.4. The molecule has 274 valence electrons. The van der Waals surface area contributed by atoms with Crippen molar-refractivity contribution >= 4 is 44.2 Å². The highest BCUT2D eigenvalue weighted by Gasteiger charge is 2.34. The molecule has 6 rings (SSSR count). The van der Waals surface area contributed by atoms with Gasteiger partial charge in [-0.3, -0.25) is 14.8 Å². The van der Waals surface area contributed by atoms with Gasteiger partial charge < -0.3 is 24.8 Å². The maximum Gasteiger partial charge on any atom is 0.257 e. The molecule has 2 fully saturated rings. The molecule has 4 aromatic rings. The number of anilines is 3. The largest absolute Gasteiger partial charge is 0.492 e. The summed E-state index contributed by atoms with van der Waals surface area (Å²) in [6.45, 7) is 17.6. The summed E-state index contributed by atoms with van der Waals surface area (Å²) in [4.78, 5) is 39.6. The molecule has 0 bridgehead atoms. The molecule has 2 saturated heterocycles. The predicted octanol–water partition coefficient (Wildman–Crippen LogP) is 3.44. The van der Waals surface area contributed by atoms with Crippen molar-refractivity contribution in [3.63, 3.8) is 0 Å². The Kier molecular flexibility index (Phi) is 10.5. The highest BCUT2D eigenvalue weighted by Crippen LogP contribution is 2.37. The quantitative estimate of drug-likeness (QED) is 0.229. The summed E-state index contributed by atoms with van der Waals surface area (Å²) in [5.74, 6) is 1.95. The number of aromatic amines is 1. The van der Waals surface area contributed by atoms with E-state index in [4.69, 9.17) is 4.74 Å². The van der Waals surface area contributed by atoms with Gasteiger partial charge in [0.1, 0.15) is 22.8 Å². The summed E-state index contributed by atoms with van der Waals surface area (Å²) in [5, 5.41) is 11.1. The van der Waals surface area contributed by atoms with Crippen molar-refractivity contribution in [2.24, 2.45) is 0 Å². The van der Waals surface area contributed by atoms with Gasteiger partial charge in [0.15, 0.2) is 15.7 Å². The molecular formula is C35H49N11O4S. The standard InChI is InChI=1S/C35H49N11O4S/c1-23-21-46(13-10-43(23)7)33(47)26-19-36-34(37-20-26)45-14-11-44(12-15-45)9-8-16-50-29-18-28-27(17-30(29)51(48,49)35(4,5)6)32(39-22-38-28)40-31-24(2)25(3)41-42-31/h17-20,22-23H,8-16,21H2,1-7H3,(H2,38,39,40,41,42)/t23-/m1/s1. The van der Waals surface area contributed by atoms with E-state index in [0.717, 1.165) is 50.5 Å². The van der Waals surface area contributed by atoms with Gasteiger partial charge in [0.25, 0.3) is 5.91 Å². The van der Waals surface area contributed by atoms with Gasteiger partial charge in [0, 0.05) is 93.5 Å². The number of rotatable bonds is 10. The minimum absolute atomic E-state index is 0.0225. The summed E-state index contributed by atoms with van der Waals surface area (Å²) in [6.07, 6.45) is 5.43. The summed E-state index contributed by atoms with van der Waals surface area (Å²) < 4.78 is 32.8. The van der Waals surface area contributed by atoms with Crippen molar-refractivity contribution in [2.75, 3.05) is 76.2 Å². The third-order valence-corrected chi connectivity index (χ3v) is 12.5. The number of H-pyrrole nitrogens is 1. The minimum Gasteiger partial charge on any atom is -0.492 e. The van der Waals surface area contributed by atoms with Crippen LogP contribution in [-0.2, 0) is 9.84 Å². The van der Waals surface area contributed by atoms with Gasteiger partial charge >= 0.3 is 0 Å². The van der Waals surface area contributed by atoms with E-state index in [0.29, 0.717) is 66.2 Å². The Hall–Kier alpha value is -4.41. The van der Waals surface area contributed by atoms with Crippen LogP contribution in [0.15, 0.2) is 35.7 Å². The molecule has 2 aliphatic heterocycles. The number of sulfone groups is 1. The Morgan fingerprint density at radius 3 is 2.37 bits per heavy atom. The van der Waals surface area contributed by atoms with Crippen LogP contribution >= 0.6 is 0 Å². The van der Waals surface area contributed by atoms with E-state index in [9.17, 15) is 13.2 Å². The molecule has 3 aromatic heterocycles. The van der Waals surface area contributed by atoms with Gasteiger partial charge in [-0.25, -0.2) is 28.4 Å². The van der Waals surface area contributed by atoms with Crippen LogP contribution in [-0.4, -0.2) is 136 Å². The number of nitrogens with zero attached hydrogens (tertiary/aromatic N) is 9. The third-order valence-electron chi connectivity index (χ3n) is 9.95. The topological polar surface area (TPSA) is 166 Å². The number of hydrogen-bond donors (Lipinski definition) is 2. The van der Waals surface area contributed by atoms with Crippen LogP contribution in [0.1, 0.15) is 55.7 Å². The van der Waals surface area contributed by atoms with Crippen molar-refractivity contribution in [1.82, 2.24) is 44.8 Å². The first-order chi connectivity index (χ1) is 24.2. The Labute approximate surface area is 299 Å². The zero-order valence-corrected chi connectivity index (χ0v) is 31.4. The number of amides is 1. The normalized spacial score (nSPS) is 18.0. The Bertz CT molecular complexity index is 1970. The van der Waals surface area contributed by atoms with Crippen LogP contribution < -0.4 is 15.0 Å². The summed E-state index contributed by atoms with van der Waals surface area (Å²) in [6, 6.07) is 3.62. The fourth-order valence-electron chi connectivity index (χ4n) is 6.19. The molecular weight excluding hydrogens is 671 g/mol. The number of aromatic nitrogens is 6. The van der Waals surface area contributed by atoms with Crippen LogP contribution in [0.5, 0.6) is 5.75 Å². The van der Waals surface area contributed by atoms with Gasteiger partial charge in [0.05, 0.1) is 22.4 Å². The monoisotopic (exact) mass is 719 g/mol. The number of hydrogen-bond acceptors (Lipinski definition) is 13. The molecule has 51 heavy (non-hydrogen) atoms. The summed E-state index contributed by atoms with van der Waals surface area (Å²) >= 11 is 0. The van der Waals surface area contributed by atoms with Gasteiger partial charge in [0.2, 0.25) is 5.95 Å². The van der Waals surface area contributed by atoms with E-state index in [1.807, 2.05) is 18.7 Å². The molecule has 1 aromatic carbocycles. The van der Waals surface area contributed by atoms with E-state index < -0.39 is 14.6 Å². The third kappa shape index (κ3) is 7.77. The van der Waals surface area contributed by atoms with E-state index in [2.05, 4.69) is 64.1 Å². The van der Waals surface area contributed by atoms with Crippen molar-refractivity contribution < 1.29 is 17.9 Å². The molecule has 1 amide bonds. The summed E-state index contributed by atoms with van der Waals surface area (Å²) in [5.41, 5.74) is 2.94. The Morgan fingerprint density at radius 1 is 1.00 bits per heavy atom. The van der Waals surface area contributed by atoms with Gasteiger partial charge in [-0.15, -0.1) is 0 Å². The van der Waals surface area contributed by atoms with E-state index >= 15 is 0 Å². The van der Waals surface area contributed by atoms with E-state index in [1.54, 1.807) is 45.3 Å². The molecule has 0 saturated carbocycles. The molecule has 0 spiro atoms. The lowest BCUT2D eigenvalue weighted by atomic mass is 10.2. The number of carbonyl (C=O) groups excluding carboxylic acids is 1. The predicted molar refractivity (Wildman–Crippen MR) is 197 cm³/mol. The highest BCUT2D eigenvalue weighted by atomic mass is 32.2. The van der Waals surface area contributed by atoms with Gasteiger partial charge in [-0.1, -0.05) is 0 Å². The van der Waals surface area contributed by atoms with Gasteiger partial charge in [-0.05, 0) is 61.1 Å². The smallest absolute Gasteiger partial charge is 0.257 e. The Morgan fingerprint density at radius 2 is 1.73 bits per heavy atom. The van der Waals surface area contributed by atoms with E-state index in [-0.39, 0.29) is 16.6 Å². The van der Waals surface area contributed by atoms with E-state index in [1.165, 1.54) is 6.33 Å². The number of carbonyl (C=O) groups is 1. The molecule has 15 nitrogen and oxygen atoms in total. The number of fused-ring (bicyclic) bond motifs is 1. The minimum atomic E-state index is -3.78. The van der Waals surface area contributed by atoms with Crippen LogP contribution in [0.25, 0.3) is 10.9 Å². The maximum absolute atomic E-state index is 13.8. The zero-order valence-electron chi connectivity index (χ0n) is 30.6. The molecule has 0 radical (unpaired) electrons. The molecule has 0 aliphatic carbocycles. The first-order valence-electron chi connectivity index (χ1n) is 17.5. The fourth-order valence-corrected chi connectivity index (χ4v) is 7.50. The molecule has 2 N–H and O–H groups in total. The van der Waals surface area contributed by atoms with Crippen LogP contribution in [0.2, 0.25) is 0 Å². The molecule has 2 aliphatic rings. The molecule has 5 heterocycles.